The van der Waals surface area contributed by atoms with Crippen molar-refractivity contribution >= 4 is 28.9 Å². The Bertz CT molecular complexity index is 731. The van der Waals surface area contributed by atoms with Gasteiger partial charge in [0.2, 0.25) is 0 Å². The normalized spacial score (nSPS) is 10.2. The highest BCUT2D eigenvalue weighted by Gasteiger charge is 2.18. The number of hydrogen-bond donors (Lipinski definition) is 1. The first-order valence-electron chi connectivity index (χ1n) is 6.07. The van der Waals surface area contributed by atoms with E-state index in [1.807, 2.05) is 6.92 Å². The molecule has 0 spiro atoms. The van der Waals surface area contributed by atoms with Gasteiger partial charge in [0.15, 0.2) is 0 Å². The minimum Gasteiger partial charge on any atom is -0.316 e. The summed E-state index contributed by atoms with van der Waals surface area (Å²) in [7, 11) is 0. The van der Waals surface area contributed by atoms with Gasteiger partial charge in [0, 0.05) is 17.8 Å². The zero-order valence-corrected chi connectivity index (χ0v) is 12.1. The number of nitro groups is 1. The van der Waals surface area contributed by atoms with Crippen LogP contribution in [0, 0.1) is 24.0 Å². The van der Waals surface area contributed by atoms with E-state index < -0.39 is 10.8 Å². The second-order valence-electron chi connectivity index (χ2n) is 4.53. The van der Waals surface area contributed by atoms with Gasteiger partial charge in [0.1, 0.15) is 10.8 Å². The topological polar surface area (TPSA) is 85.1 Å². The molecule has 0 atom stereocenters. The van der Waals surface area contributed by atoms with E-state index >= 15 is 0 Å². The lowest BCUT2D eigenvalue weighted by Crippen LogP contribution is -2.13. The smallest absolute Gasteiger partial charge is 0.293 e. The minimum atomic E-state index is -0.526. The number of hydrogen-bond acceptors (Lipinski definition) is 4. The molecule has 0 radical (unpaired) electrons. The van der Waals surface area contributed by atoms with E-state index in [0.717, 1.165) is 11.1 Å². The van der Waals surface area contributed by atoms with Gasteiger partial charge in [-0.3, -0.25) is 14.9 Å². The average molecular weight is 306 g/mol. The number of pyridine rings is 1. The standard InChI is InChI=1S/C14H12ClN3O3/c1-8-5-11(12(18(20)21)6-9(8)2)17-14(19)10-3-4-16-13(15)7-10/h3-7H,1-2H3,(H,17,19). The highest BCUT2D eigenvalue weighted by Crippen LogP contribution is 2.28. The lowest BCUT2D eigenvalue weighted by atomic mass is 10.1. The van der Waals surface area contributed by atoms with Gasteiger partial charge in [0.05, 0.1) is 4.92 Å². The maximum atomic E-state index is 12.1. The number of benzene rings is 1. The van der Waals surface area contributed by atoms with Crippen molar-refractivity contribution in [2.45, 2.75) is 13.8 Å². The van der Waals surface area contributed by atoms with Crippen molar-refractivity contribution in [2.75, 3.05) is 5.32 Å². The molecule has 0 aliphatic carbocycles. The molecule has 2 aromatic rings. The Labute approximate surface area is 125 Å². The van der Waals surface area contributed by atoms with Crippen molar-refractivity contribution in [3.05, 3.63) is 62.4 Å². The van der Waals surface area contributed by atoms with Crippen LogP contribution in [0.5, 0.6) is 0 Å². The van der Waals surface area contributed by atoms with Crippen LogP contribution in [0.3, 0.4) is 0 Å². The molecule has 2 rings (SSSR count). The molecule has 21 heavy (non-hydrogen) atoms. The molecule has 0 saturated carbocycles. The van der Waals surface area contributed by atoms with Crippen LogP contribution >= 0.6 is 11.6 Å². The summed E-state index contributed by atoms with van der Waals surface area (Å²) in [6.45, 7) is 3.59. The Morgan fingerprint density at radius 1 is 1.29 bits per heavy atom. The Morgan fingerprint density at radius 2 is 1.95 bits per heavy atom. The lowest BCUT2D eigenvalue weighted by molar-refractivity contribution is -0.384. The summed E-state index contributed by atoms with van der Waals surface area (Å²) in [6, 6.07) is 5.89. The van der Waals surface area contributed by atoms with Crippen LogP contribution in [-0.4, -0.2) is 15.8 Å². The molecule has 7 heteroatoms. The summed E-state index contributed by atoms with van der Waals surface area (Å²) >= 11 is 5.72. The molecule has 0 aliphatic heterocycles. The number of aromatic nitrogens is 1. The third-order valence-corrected chi connectivity index (χ3v) is 3.25. The molecule has 6 nitrogen and oxygen atoms in total. The molecule has 0 unspecified atom stereocenters. The van der Waals surface area contributed by atoms with Crippen LogP contribution in [0.1, 0.15) is 21.5 Å². The number of amides is 1. The minimum absolute atomic E-state index is 0.147. The zero-order chi connectivity index (χ0) is 15.6. The molecule has 0 aliphatic rings. The highest BCUT2D eigenvalue weighted by atomic mass is 35.5. The fourth-order valence-corrected chi connectivity index (χ4v) is 1.96. The van der Waals surface area contributed by atoms with Crippen LogP contribution in [0.2, 0.25) is 5.15 Å². The predicted molar refractivity (Wildman–Crippen MR) is 79.8 cm³/mol. The Balaban J connectivity index is 2.37. The van der Waals surface area contributed by atoms with Crippen molar-refractivity contribution in [2.24, 2.45) is 0 Å². The molecular formula is C14H12ClN3O3. The molecular weight excluding hydrogens is 294 g/mol. The molecule has 0 bridgehead atoms. The number of nitrogens with zero attached hydrogens (tertiary/aromatic N) is 2. The fourth-order valence-electron chi connectivity index (χ4n) is 1.79. The van der Waals surface area contributed by atoms with Crippen molar-refractivity contribution in [1.29, 1.82) is 0 Å². The second-order valence-corrected chi connectivity index (χ2v) is 4.92. The Kier molecular flexibility index (Phi) is 4.18. The molecule has 1 N–H and O–H groups in total. The van der Waals surface area contributed by atoms with Crippen LogP contribution in [-0.2, 0) is 0 Å². The van der Waals surface area contributed by atoms with Crippen LogP contribution in [0.4, 0.5) is 11.4 Å². The second kappa shape index (κ2) is 5.88. The number of nitro benzene ring substituents is 1. The van der Waals surface area contributed by atoms with E-state index in [-0.39, 0.29) is 22.1 Å². The molecule has 1 aromatic carbocycles. The van der Waals surface area contributed by atoms with Crippen molar-refractivity contribution in [3.8, 4) is 0 Å². The summed E-state index contributed by atoms with van der Waals surface area (Å²) < 4.78 is 0. The molecule has 1 amide bonds. The molecule has 0 fully saturated rings. The number of aryl methyl sites for hydroxylation is 2. The zero-order valence-electron chi connectivity index (χ0n) is 11.4. The van der Waals surface area contributed by atoms with Gasteiger partial charge in [-0.15, -0.1) is 0 Å². The Morgan fingerprint density at radius 3 is 2.57 bits per heavy atom. The van der Waals surface area contributed by atoms with Crippen LogP contribution in [0.25, 0.3) is 0 Å². The summed E-state index contributed by atoms with van der Waals surface area (Å²) in [5.74, 6) is -0.481. The van der Waals surface area contributed by atoms with E-state index in [4.69, 9.17) is 11.6 Å². The molecule has 0 saturated heterocycles. The molecule has 108 valence electrons. The van der Waals surface area contributed by atoms with E-state index in [9.17, 15) is 14.9 Å². The monoisotopic (exact) mass is 305 g/mol. The van der Waals surface area contributed by atoms with E-state index in [1.54, 1.807) is 13.0 Å². The van der Waals surface area contributed by atoms with Gasteiger partial charge in [0.25, 0.3) is 11.6 Å². The van der Waals surface area contributed by atoms with Gasteiger partial charge < -0.3 is 5.32 Å². The fraction of sp³-hybridized carbons (Fsp3) is 0.143. The Hall–Kier alpha value is -2.47. The SMILES string of the molecule is Cc1cc(NC(=O)c2ccnc(Cl)c2)c([N+](=O)[O-])cc1C. The van der Waals surface area contributed by atoms with Crippen LogP contribution < -0.4 is 5.32 Å². The first kappa shape index (κ1) is 14.9. The van der Waals surface area contributed by atoms with Gasteiger partial charge in [-0.05, 0) is 43.2 Å². The predicted octanol–water partition coefficient (Wildman–Crippen LogP) is 3.51. The number of anilines is 1. The van der Waals surface area contributed by atoms with Gasteiger partial charge in [-0.1, -0.05) is 11.6 Å². The number of halogens is 1. The average Bonchev–Trinajstić information content (AvgIpc) is 2.42. The maximum Gasteiger partial charge on any atom is 0.293 e. The van der Waals surface area contributed by atoms with Crippen LogP contribution in [0.15, 0.2) is 30.5 Å². The van der Waals surface area contributed by atoms with E-state index in [2.05, 4.69) is 10.3 Å². The maximum absolute atomic E-state index is 12.1. The molecule has 1 aromatic heterocycles. The summed E-state index contributed by atoms with van der Waals surface area (Å²) in [6.07, 6.45) is 1.39. The van der Waals surface area contributed by atoms with Crippen molar-refractivity contribution < 1.29 is 9.72 Å². The highest BCUT2D eigenvalue weighted by molar-refractivity contribution is 6.29. The number of carbonyl (C=O) groups is 1. The number of rotatable bonds is 3. The first-order valence-corrected chi connectivity index (χ1v) is 6.45. The largest absolute Gasteiger partial charge is 0.316 e. The summed E-state index contributed by atoms with van der Waals surface area (Å²) in [5, 5.41) is 13.8. The van der Waals surface area contributed by atoms with E-state index in [0.29, 0.717) is 0 Å². The van der Waals surface area contributed by atoms with E-state index in [1.165, 1.54) is 24.4 Å². The molecule has 1 heterocycles. The first-order chi connectivity index (χ1) is 9.88. The lowest BCUT2D eigenvalue weighted by Gasteiger charge is -2.09. The van der Waals surface area contributed by atoms with Gasteiger partial charge in [-0.25, -0.2) is 4.98 Å². The third kappa shape index (κ3) is 3.35. The summed E-state index contributed by atoms with van der Waals surface area (Å²) in [5.41, 5.74) is 1.92. The summed E-state index contributed by atoms with van der Waals surface area (Å²) in [4.78, 5) is 26.4. The number of nitrogens with one attached hydrogen (secondary N) is 1. The third-order valence-electron chi connectivity index (χ3n) is 3.05. The number of carbonyl (C=O) groups excluding carboxylic acids is 1. The van der Waals surface area contributed by atoms with Crippen molar-refractivity contribution in [1.82, 2.24) is 4.98 Å². The van der Waals surface area contributed by atoms with Gasteiger partial charge in [-0.2, -0.15) is 0 Å². The van der Waals surface area contributed by atoms with Crippen molar-refractivity contribution in [3.63, 3.8) is 0 Å². The quantitative estimate of drug-likeness (QED) is 0.534. The van der Waals surface area contributed by atoms with Gasteiger partial charge >= 0.3 is 0 Å².